The number of aryl methyl sites for hydroxylation is 1. The van der Waals surface area contributed by atoms with Crippen LogP contribution in [0.1, 0.15) is 24.6 Å². The Bertz CT molecular complexity index is 737. The zero-order chi connectivity index (χ0) is 17.9. The number of nitrogens with two attached hydrogens (primary N) is 1. The molecule has 1 fully saturated rings. The Kier molecular flexibility index (Phi) is 5.36. The highest BCUT2D eigenvalue weighted by Crippen LogP contribution is 2.32. The molecule has 1 aliphatic rings. The molecule has 25 heavy (non-hydrogen) atoms. The Hall–Kier alpha value is -1.96. The van der Waals surface area contributed by atoms with Gasteiger partial charge in [0.25, 0.3) is 0 Å². The Balaban J connectivity index is 1.74. The van der Waals surface area contributed by atoms with Gasteiger partial charge in [-0.25, -0.2) is 4.98 Å². The molecule has 2 aromatic rings. The van der Waals surface area contributed by atoms with Crippen molar-refractivity contribution in [1.29, 1.82) is 0 Å². The topological polar surface area (TPSA) is 86.5 Å². The van der Waals surface area contributed by atoms with E-state index in [-0.39, 0.29) is 5.91 Å². The maximum Gasteiger partial charge on any atom is 0.246 e. The lowest BCUT2D eigenvalue weighted by Gasteiger charge is -2.31. The third-order valence-corrected chi connectivity index (χ3v) is 5.18. The van der Waals surface area contributed by atoms with Crippen molar-refractivity contribution in [3.05, 3.63) is 29.1 Å². The first-order valence-electron chi connectivity index (χ1n) is 8.40. The Labute approximate surface area is 151 Å². The van der Waals surface area contributed by atoms with E-state index in [1.165, 1.54) is 11.3 Å². The van der Waals surface area contributed by atoms with Crippen LogP contribution in [0.2, 0.25) is 0 Å². The molecule has 1 aromatic carbocycles. The number of anilines is 1. The molecule has 1 saturated heterocycles. The molecule has 1 aliphatic heterocycles. The molecular formula is C18H23N3O3S. The lowest BCUT2D eigenvalue weighted by atomic mass is 9.90. The fraction of sp³-hybridized carbons (Fsp3) is 0.444. The van der Waals surface area contributed by atoms with E-state index in [0.717, 1.165) is 21.9 Å². The number of hydrogen-bond donors (Lipinski definition) is 2. The molecule has 0 atom stereocenters. The van der Waals surface area contributed by atoms with Crippen LogP contribution in [0.25, 0.3) is 11.3 Å². The number of amides is 1. The quantitative estimate of drug-likeness (QED) is 0.855. The lowest BCUT2D eigenvalue weighted by molar-refractivity contribution is -0.124. The third-order valence-electron chi connectivity index (χ3n) is 4.29. The first kappa shape index (κ1) is 17.8. The van der Waals surface area contributed by atoms with Crippen molar-refractivity contribution >= 4 is 22.4 Å². The summed E-state index contributed by atoms with van der Waals surface area (Å²) in [6.45, 7) is 5.61. The van der Waals surface area contributed by atoms with E-state index >= 15 is 0 Å². The molecular weight excluding hydrogens is 338 g/mol. The molecule has 2 heterocycles. The zero-order valence-electron chi connectivity index (χ0n) is 14.5. The molecule has 1 amide bonds. The number of rotatable bonds is 5. The predicted octanol–water partition coefficient (Wildman–Crippen LogP) is 2.96. The number of carbonyl (C=O) groups is 1. The molecule has 0 aliphatic carbocycles. The normalized spacial score (nSPS) is 16.4. The average Bonchev–Trinajstić information content (AvgIpc) is 2.97. The molecule has 0 radical (unpaired) electrons. The van der Waals surface area contributed by atoms with E-state index in [2.05, 4.69) is 10.3 Å². The van der Waals surface area contributed by atoms with Crippen molar-refractivity contribution < 1.29 is 14.3 Å². The number of hydrogen-bond acceptors (Lipinski definition) is 6. The summed E-state index contributed by atoms with van der Waals surface area (Å²) in [5.41, 5.74) is 7.20. The maximum atomic E-state index is 12.5. The van der Waals surface area contributed by atoms with Gasteiger partial charge in [-0.05, 0) is 51.0 Å². The summed E-state index contributed by atoms with van der Waals surface area (Å²) in [7, 11) is 0. The SMILES string of the molecule is CCOc1ccc(-c2nc(NC(=O)C3(N)CCOCC3)sc2C)cc1. The summed E-state index contributed by atoms with van der Waals surface area (Å²) >= 11 is 1.45. The van der Waals surface area contributed by atoms with Crippen molar-refractivity contribution in [3.8, 4) is 17.0 Å². The first-order valence-corrected chi connectivity index (χ1v) is 9.22. The van der Waals surface area contributed by atoms with E-state index in [9.17, 15) is 4.79 Å². The van der Waals surface area contributed by atoms with Crippen molar-refractivity contribution in [2.75, 3.05) is 25.1 Å². The van der Waals surface area contributed by atoms with Crippen LogP contribution in [-0.2, 0) is 9.53 Å². The van der Waals surface area contributed by atoms with Crippen molar-refractivity contribution in [1.82, 2.24) is 4.98 Å². The number of ether oxygens (including phenoxy) is 2. The van der Waals surface area contributed by atoms with Crippen molar-refractivity contribution in [2.24, 2.45) is 5.73 Å². The smallest absolute Gasteiger partial charge is 0.246 e. The molecule has 3 rings (SSSR count). The maximum absolute atomic E-state index is 12.5. The highest BCUT2D eigenvalue weighted by atomic mass is 32.1. The van der Waals surface area contributed by atoms with Gasteiger partial charge in [0.05, 0.1) is 12.3 Å². The number of carbonyl (C=O) groups excluding carboxylic acids is 1. The summed E-state index contributed by atoms with van der Waals surface area (Å²) in [4.78, 5) is 18.1. The van der Waals surface area contributed by atoms with Crippen LogP contribution in [-0.4, -0.2) is 36.3 Å². The minimum atomic E-state index is -0.878. The van der Waals surface area contributed by atoms with Crippen LogP contribution in [0.15, 0.2) is 24.3 Å². The van der Waals surface area contributed by atoms with Crippen LogP contribution in [0.3, 0.4) is 0 Å². The van der Waals surface area contributed by atoms with Gasteiger partial charge in [0.2, 0.25) is 5.91 Å². The van der Waals surface area contributed by atoms with Gasteiger partial charge in [0.15, 0.2) is 5.13 Å². The van der Waals surface area contributed by atoms with Gasteiger partial charge >= 0.3 is 0 Å². The Morgan fingerprint density at radius 3 is 2.68 bits per heavy atom. The number of benzene rings is 1. The summed E-state index contributed by atoms with van der Waals surface area (Å²) in [6.07, 6.45) is 1.05. The van der Waals surface area contributed by atoms with Gasteiger partial charge in [-0.3, -0.25) is 4.79 Å². The van der Waals surface area contributed by atoms with E-state index in [0.29, 0.717) is 37.8 Å². The summed E-state index contributed by atoms with van der Waals surface area (Å²) in [6, 6.07) is 7.79. The zero-order valence-corrected chi connectivity index (χ0v) is 15.3. The van der Waals surface area contributed by atoms with Gasteiger partial charge in [-0.1, -0.05) is 0 Å². The molecule has 1 aromatic heterocycles. The summed E-state index contributed by atoms with van der Waals surface area (Å²) < 4.78 is 10.8. The van der Waals surface area contributed by atoms with Crippen LogP contribution < -0.4 is 15.8 Å². The molecule has 6 nitrogen and oxygen atoms in total. The second-order valence-electron chi connectivity index (χ2n) is 6.10. The van der Waals surface area contributed by atoms with Crippen LogP contribution >= 0.6 is 11.3 Å². The second kappa shape index (κ2) is 7.51. The van der Waals surface area contributed by atoms with Crippen LogP contribution in [0.4, 0.5) is 5.13 Å². The minimum absolute atomic E-state index is 0.192. The third kappa shape index (κ3) is 4.00. The minimum Gasteiger partial charge on any atom is -0.494 e. The molecule has 134 valence electrons. The van der Waals surface area contributed by atoms with Gasteiger partial charge in [0, 0.05) is 23.7 Å². The standard InChI is InChI=1S/C18H23N3O3S/c1-3-24-14-6-4-13(5-7-14)15-12(2)25-17(20-15)21-16(22)18(19)8-10-23-11-9-18/h4-7H,3,8-11,19H2,1-2H3,(H,20,21,22). The van der Waals surface area contributed by atoms with Crippen molar-refractivity contribution in [2.45, 2.75) is 32.2 Å². The van der Waals surface area contributed by atoms with Crippen molar-refractivity contribution in [3.63, 3.8) is 0 Å². The number of aromatic nitrogens is 1. The predicted molar refractivity (Wildman–Crippen MR) is 99.1 cm³/mol. The van der Waals surface area contributed by atoms with Gasteiger partial charge < -0.3 is 20.5 Å². The molecule has 0 saturated carbocycles. The Morgan fingerprint density at radius 2 is 2.04 bits per heavy atom. The largest absolute Gasteiger partial charge is 0.494 e. The number of nitrogens with one attached hydrogen (secondary N) is 1. The van der Waals surface area contributed by atoms with Gasteiger partial charge in [-0.15, -0.1) is 11.3 Å². The van der Waals surface area contributed by atoms with E-state index < -0.39 is 5.54 Å². The summed E-state index contributed by atoms with van der Waals surface area (Å²) in [5.74, 6) is 0.639. The fourth-order valence-corrected chi connectivity index (χ4v) is 3.61. The number of thiazole rings is 1. The molecule has 0 bridgehead atoms. The lowest BCUT2D eigenvalue weighted by Crippen LogP contribution is -2.54. The fourth-order valence-electron chi connectivity index (χ4n) is 2.78. The van der Waals surface area contributed by atoms with Gasteiger partial charge in [-0.2, -0.15) is 0 Å². The average molecular weight is 361 g/mol. The van der Waals surface area contributed by atoms with E-state index in [1.807, 2.05) is 38.1 Å². The van der Waals surface area contributed by atoms with E-state index in [1.54, 1.807) is 0 Å². The molecule has 0 spiro atoms. The van der Waals surface area contributed by atoms with E-state index in [4.69, 9.17) is 15.2 Å². The monoisotopic (exact) mass is 361 g/mol. The molecule has 7 heteroatoms. The van der Waals surface area contributed by atoms with Crippen LogP contribution in [0, 0.1) is 6.92 Å². The van der Waals surface area contributed by atoms with Crippen LogP contribution in [0.5, 0.6) is 5.75 Å². The first-order chi connectivity index (χ1) is 12.0. The van der Waals surface area contributed by atoms with Gasteiger partial charge in [0.1, 0.15) is 11.3 Å². The Morgan fingerprint density at radius 1 is 1.36 bits per heavy atom. The highest BCUT2D eigenvalue weighted by molar-refractivity contribution is 7.16. The second-order valence-corrected chi connectivity index (χ2v) is 7.31. The molecule has 3 N–H and O–H groups in total. The molecule has 0 unspecified atom stereocenters. The summed E-state index contributed by atoms with van der Waals surface area (Å²) in [5, 5.41) is 3.45. The highest BCUT2D eigenvalue weighted by Gasteiger charge is 2.36. The number of nitrogens with zero attached hydrogens (tertiary/aromatic N) is 1.